The van der Waals surface area contributed by atoms with Gasteiger partial charge in [0.1, 0.15) is 0 Å². The minimum Gasteiger partial charge on any atom is -0.550 e. The van der Waals surface area contributed by atoms with Crippen LogP contribution in [0.5, 0.6) is 0 Å². The Balaban J connectivity index is 0. The molecule has 0 aliphatic carbocycles. The van der Waals surface area contributed by atoms with E-state index >= 15 is 0 Å². The molecule has 5 heteroatoms. The molecule has 0 saturated heterocycles. The van der Waals surface area contributed by atoms with Crippen molar-refractivity contribution in [1.82, 2.24) is 0 Å². The van der Waals surface area contributed by atoms with Crippen LogP contribution >= 0.6 is 0 Å². The maximum Gasteiger partial charge on any atom is 1.00 e. The van der Waals surface area contributed by atoms with Gasteiger partial charge in [-0.1, -0.05) is 96.1 Å². The molecule has 0 aliphatic rings. The maximum absolute atomic E-state index is 11.0. The molecule has 0 aromatic heterocycles. The predicted molar refractivity (Wildman–Crippen MR) is 114 cm³/mol. The van der Waals surface area contributed by atoms with Crippen LogP contribution in [0, 0.1) is 5.92 Å². The number of carboxylic acids is 2. The van der Waals surface area contributed by atoms with Crippen molar-refractivity contribution >= 4 is 11.9 Å². The first-order valence-corrected chi connectivity index (χ1v) is 11.7. The van der Waals surface area contributed by atoms with Crippen LogP contribution in [0.4, 0.5) is 0 Å². The molecule has 0 aliphatic heterocycles. The number of hydrogen-bond donors (Lipinski definition) is 1. The monoisotopic (exact) mass is 434 g/mol. The smallest absolute Gasteiger partial charge is 0.550 e. The number of allylic oxidation sites excluding steroid dienone is 2. The molecule has 0 bridgehead atoms. The van der Waals surface area contributed by atoms with Crippen molar-refractivity contribution in [3.8, 4) is 0 Å². The summed E-state index contributed by atoms with van der Waals surface area (Å²) in [5, 5.41) is 19.5. The molecule has 29 heavy (non-hydrogen) atoms. The predicted octanol–water partition coefficient (Wildman–Crippen LogP) is 3.04. The molecule has 0 rings (SSSR count). The van der Waals surface area contributed by atoms with Gasteiger partial charge in [-0.25, -0.2) is 0 Å². The largest absolute Gasteiger partial charge is 1.00 e. The van der Waals surface area contributed by atoms with Gasteiger partial charge in [0.25, 0.3) is 0 Å². The Bertz CT molecular complexity index is 410. The van der Waals surface area contributed by atoms with Crippen molar-refractivity contribution in [2.45, 2.75) is 122 Å². The van der Waals surface area contributed by atoms with Gasteiger partial charge in [0, 0.05) is 12.4 Å². The number of aliphatic carboxylic acids is 2. The number of carboxylic acid groups (broad SMARTS) is 2. The van der Waals surface area contributed by atoms with Gasteiger partial charge in [-0.05, 0) is 32.1 Å². The Labute approximate surface area is 221 Å². The van der Waals surface area contributed by atoms with Crippen LogP contribution < -0.4 is 56.5 Å². The molecule has 0 heterocycles. The number of carbonyl (C=O) groups excluding carboxylic acids is 1. The van der Waals surface area contributed by atoms with Crippen molar-refractivity contribution in [2.75, 3.05) is 0 Å². The molecule has 1 unspecified atom stereocenters. The number of carbonyl (C=O) groups is 2. The SMILES string of the molecule is CCCCCCC/C=C/CCCCCCCCCCCC(CC(=O)[O-])C(=O)O.[K+]. The fourth-order valence-electron chi connectivity index (χ4n) is 3.51. The van der Waals surface area contributed by atoms with Gasteiger partial charge in [-0.3, -0.25) is 4.79 Å². The Kier molecular flexibility index (Phi) is 26.7. The van der Waals surface area contributed by atoms with E-state index in [9.17, 15) is 14.7 Å². The summed E-state index contributed by atoms with van der Waals surface area (Å²) in [6, 6.07) is 0. The van der Waals surface area contributed by atoms with Crippen LogP contribution in [0.2, 0.25) is 0 Å². The van der Waals surface area contributed by atoms with E-state index in [1.54, 1.807) is 0 Å². The Morgan fingerprint density at radius 3 is 1.59 bits per heavy atom. The number of hydrogen-bond acceptors (Lipinski definition) is 3. The third-order valence-corrected chi connectivity index (χ3v) is 5.33. The van der Waals surface area contributed by atoms with Gasteiger partial charge < -0.3 is 15.0 Å². The van der Waals surface area contributed by atoms with E-state index in [0.717, 1.165) is 19.3 Å². The average molecular weight is 435 g/mol. The summed E-state index contributed by atoms with van der Waals surface area (Å²) in [4.78, 5) is 21.5. The first-order valence-electron chi connectivity index (χ1n) is 11.7. The van der Waals surface area contributed by atoms with E-state index < -0.39 is 17.9 Å². The molecule has 0 aromatic rings. The zero-order chi connectivity index (χ0) is 20.9. The van der Waals surface area contributed by atoms with Crippen LogP contribution in [0.15, 0.2) is 12.2 Å². The number of unbranched alkanes of at least 4 members (excludes halogenated alkanes) is 14. The fourth-order valence-corrected chi connectivity index (χ4v) is 3.51. The van der Waals surface area contributed by atoms with Gasteiger partial charge >= 0.3 is 57.4 Å². The molecule has 0 saturated carbocycles. The molecule has 4 nitrogen and oxygen atoms in total. The molecular weight excluding hydrogens is 391 g/mol. The molecule has 0 fully saturated rings. The van der Waals surface area contributed by atoms with Crippen LogP contribution in [0.1, 0.15) is 122 Å². The normalized spacial score (nSPS) is 12.0. The van der Waals surface area contributed by atoms with E-state index in [1.165, 1.54) is 83.5 Å². The Morgan fingerprint density at radius 1 is 0.759 bits per heavy atom. The van der Waals surface area contributed by atoms with Gasteiger partial charge in [0.05, 0.1) is 5.92 Å². The minimum absolute atomic E-state index is 0. The average Bonchev–Trinajstić information content (AvgIpc) is 2.65. The molecule has 1 atom stereocenters. The van der Waals surface area contributed by atoms with Crippen molar-refractivity contribution in [3.63, 3.8) is 0 Å². The Morgan fingerprint density at radius 2 is 1.17 bits per heavy atom. The molecule has 1 N–H and O–H groups in total. The summed E-state index contributed by atoms with van der Waals surface area (Å²) in [5.74, 6) is -3.09. The summed E-state index contributed by atoms with van der Waals surface area (Å²) in [5.41, 5.74) is 0. The summed E-state index contributed by atoms with van der Waals surface area (Å²) < 4.78 is 0. The second-order valence-corrected chi connectivity index (χ2v) is 8.04. The van der Waals surface area contributed by atoms with Crippen LogP contribution in [-0.2, 0) is 9.59 Å². The first-order chi connectivity index (χ1) is 13.6. The third kappa shape index (κ3) is 24.5. The summed E-state index contributed by atoms with van der Waals surface area (Å²) in [6.07, 6.45) is 24.5. The zero-order valence-electron chi connectivity index (χ0n) is 19.1. The maximum atomic E-state index is 11.0. The molecule has 0 radical (unpaired) electrons. The van der Waals surface area contributed by atoms with Crippen LogP contribution in [-0.4, -0.2) is 17.0 Å². The minimum atomic E-state index is -1.27. The first kappa shape index (κ1) is 31.5. The van der Waals surface area contributed by atoms with E-state index in [1.807, 2.05) is 0 Å². The van der Waals surface area contributed by atoms with E-state index in [0.29, 0.717) is 6.42 Å². The summed E-state index contributed by atoms with van der Waals surface area (Å²) >= 11 is 0. The van der Waals surface area contributed by atoms with Crippen LogP contribution in [0.25, 0.3) is 0 Å². The van der Waals surface area contributed by atoms with Crippen molar-refractivity contribution in [3.05, 3.63) is 12.2 Å². The van der Waals surface area contributed by atoms with Crippen molar-refractivity contribution < 1.29 is 71.2 Å². The molecule has 0 spiro atoms. The molecule has 0 amide bonds. The zero-order valence-corrected chi connectivity index (χ0v) is 22.3. The summed E-state index contributed by atoms with van der Waals surface area (Å²) in [6.45, 7) is 2.25. The van der Waals surface area contributed by atoms with Gasteiger partial charge in [-0.2, -0.15) is 0 Å². The van der Waals surface area contributed by atoms with E-state index in [-0.39, 0.29) is 57.8 Å². The second-order valence-electron chi connectivity index (χ2n) is 8.04. The Hall–Kier alpha value is 0.316. The van der Waals surface area contributed by atoms with Gasteiger partial charge in [-0.15, -0.1) is 0 Å². The van der Waals surface area contributed by atoms with Crippen molar-refractivity contribution in [1.29, 1.82) is 0 Å². The molecule has 164 valence electrons. The standard InChI is InChI=1S/C24H44O4.K/c1-2-3-4-5-6-7-8-9-10-11-12-13-14-15-16-17-18-19-20-22(24(27)28)21-23(25)26;/h8-9,22H,2-7,10-21H2,1H3,(H,25,26)(H,27,28);/q;+1/p-1/b9-8+;. The molecule has 0 aromatic carbocycles. The van der Waals surface area contributed by atoms with Gasteiger partial charge in [0.2, 0.25) is 0 Å². The van der Waals surface area contributed by atoms with E-state index in [4.69, 9.17) is 5.11 Å². The van der Waals surface area contributed by atoms with Crippen LogP contribution in [0.3, 0.4) is 0 Å². The summed E-state index contributed by atoms with van der Waals surface area (Å²) in [7, 11) is 0. The van der Waals surface area contributed by atoms with E-state index in [2.05, 4.69) is 19.1 Å². The third-order valence-electron chi connectivity index (χ3n) is 5.33. The fraction of sp³-hybridized carbons (Fsp3) is 0.833. The molecular formula is C24H43KO4. The number of rotatable bonds is 21. The van der Waals surface area contributed by atoms with Crippen molar-refractivity contribution in [2.24, 2.45) is 5.92 Å². The van der Waals surface area contributed by atoms with Gasteiger partial charge in [0.15, 0.2) is 0 Å². The quantitative estimate of drug-likeness (QED) is 0.171. The topological polar surface area (TPSA) is 77.4 Å². The second kappa shape index (κ2) is 24.6.